The molecule has 0 radical (unpaired) electrons. The molecule has 0 aliphatic heterocycles. The zero-order chi connectivity index (χ0) is 29.7. The van der Waals surface area contributed by atoms with Crippen LogP contribution in [-0.4, -0.2) is 68.5 Å². The third kappa shape index (κ3) is 4.48. The molecule has 1 spiro atoms. The molecule has 0 amide bonds. The molecule has 226 valence electrons. The number of hydrogen-bond donors (Lipinski definition) is 4. The van der Waals surface area contributed by atoms with Crippen molar-refractivity contribution in [2.75, 3.05) is 6.61 Å². The highest BCUT2D eigenvalue weighted by atomic mass is 16.6. The highest BCUT2D eigenvalue weighted by Gasteiger charge is 2.83. The Morgan fingerprint density at radius 1 is 1.07 bits per heavy atom. The highest BCUT2D eigenvalue weighted by molar-refractivity contribution is 5.71. The minimum absolute atomic E-state index is 0.161. The summed E-state index contributed by atoms with van der Waals surface area (Å²) in [6.45, 7) is 10.6. The number of carbonyl (C=O) groups excluding carboxylic acids is 2. The lowest BCUT2D eigenvalue weighted by Gasteiger charge is -2.52. The van der Waals surface area contributed by atoms with Gasteiger partial charge in [-0.1, -0.05) is 78.4 Å². The summed E-state index contributed by atoms with van der Waals surface area (Å²) in [5, 5.41) is 46.5. The molecule has 0 saturated heterocycles. The van der Waals surface area contributed by atoms with Crippen LogP contribution in [-0.2, 0) is 19.1 Å². The van der Waals surface area contributed by atoms with Crippen LogP contribution in [0.1, 0.15) is 99.3 Å². The Hall–Kier alpha value is -1.74. The normalized spacial score (nSPS) is 41.0. The van der Waals surface area contributed by atoms with Crippen molar-refractivity contribution in [3.05, 3.63) is 23.3 Å². The third-order valence-corrected chi connectivity index (χ3v) is 10.8. The highest BCUT2D eigenvalue weighted by Crippen LogP contribution is 2.76. The zero-order valence-corrected chi connectivity index (χ0v) is 25.1. The maximum atomic E-state index is 13.2. The molecule has 40 heavy (non-hydrogen) atoms. The standard InChI is InChI=1S/C32H50O8/c1-7-8-9-10-11-12-13-14-24(35)40-31-17-20(3)30-16-19(2)28(39-21(4)34)32(30,38)26(36)22(18-33)15-23(27(30)37)25(31)29(31,5)6/h15-16,20,23,25-28,33,36-38H,7-14,17-18H2,1-6H3/t20-,23+,25-,26-,27?,28+,30+,31+,32+/m1/s1. The maximum Gasteiger partial charge on any atom is 0.306 e. The van der Waals surface area contributed by atoms with Gasteiger partial charge in [-0.25, -0.2) is 0 Å². The average molecular weight is 563 g/mol. The smallest absolute Gasteiger partial charge is 0.306 e. The third-order valence-electron chi connectivity index (χ3n) is 10.8. The summed E-state index contributed by atoms with van der Waals surface area (Å²) in [7, 11) is 0. The van der Waals surface area contributed by atoms with Gasteiger partial charge in [-0.3, -0.25) is 9.59 Å². The van der Waals surface area contributed by atoms with Crippen LogP contribution in [0.2, 0.25) is 0 Å². The van der Waals surface area contributed by atoms with Crippen LogP contribution in [0.4, 0.5) is 0 Å². The van der Waals surface area contributed by atoms with Crippen LogP contribution < -0.4 is 0 Å². The van der Waals surface area contributed by atoms with Crippen LogP contribution >= 0.6 is 0 Å². The van der Waals surface area contributed by atoms with Crippen LogP contribution in [0.3, 0.4) is 0 Å². The summed E-state index contributed by atoms with van der Waals surface area (Å²) in [5.74, 6) is -2.24. The van der Waals surface area contributed by atoms with Crippen molar-refractivity contribution in [2.45, 2.75) is 129 Å². The Labute approximate surface area is 238 Å². The monoisotopic (exact) mass is 562 g/mol. The molecule has 4 rings (SSSR count). The molecule has 0 heterocycles. The SMILES string of the molecule is CCCCCCCCCC(=O)O[C@@]12C[C@@H](C)[C@]34C=C(C)[C@H](OC(C)=O)[C@@]3(O)[C@H](O)C(CO)=C[C@H](C4O)[C@@H]1C2(C)C. The number of fused-ring (bicyclic) bond motifs is 3. The quantitative estimate of drug-likeness (QED) is 0.169. The first kappa shape index (κ1) is 31.2. The molecule has 4 aliphatic carbocycles. The lowest BCUT2D eigenvalue weighted by Crippen LogP contribution is -2.67. The molecule has 4 N–H and O–H groups in total. The molecular weight excluding hydrogens is 512 g/mol. The van der Waals surface area contributed by atoms with Gasteiger partial charge in [0, 0.05) is 30.6 Å². The van der Waals surface area contributed by atoms with Gasteiger partial charge in [-0.2, -0.15) is 0 Å². The van der Waals surface area contributed by atoms with E-state index in [1.807, 2.05) is 20.8 Å². The summed E-state index contributed by atoms with van der Waals surface area (Å²) in [4.78, 5) is 25.3. The van der Waals surface area contributed by atoms with E-state index in [1.165, 1.54) is 32.6 Å². The molecule has 0 aromatic heterocycles. The van der Waals surface area contributed by atoms with Gasteiger partial charge in [0.1, 0.15) is 17.3 Å². The van der Waals surface area contributed by atoms with E-state index < -0.39 is 64.8 Å². The summed E-state index contributed by atoms with van der Waals surface area (Å²) >= 11 is 0. The van der Waals surface area contributed by atoms with E-state index in [1.54, 1.807) is 19.1 Å². The van der Waals surface area contributed by atoms with E-state index in [-0.39, 0.29) is 17.5 Å². The fourth-order valence-electron chi connectivity index (χ4n) is 8.85. The number of aliphatic hydroxyl groups excluding tert-OH is 3. The second-order valence-electron chi connectivity index (χ2n) is 13.5. The van der Waals surface area contributed by atoms with E-state index in [9.17, 15) is 30.0 Å². The summed E-state index contributed by atoms with van der Waals surface area (Å²) in [6.07, 6.45) is 7.85. The molecule has 0 aromatic carbocycles. The number of hydrogen-bond acceptors (Lipinski definition) is 8. The predicted octanol–water partition coefficient (Wildman–Crippen LogP) is 3.98. The second kappa shape index (κ2) is 11.2. The molecule has 8 nitrogen and oxygen atoms in total. The van der Waals surface area contributed by atoms with Crippen molar-refractivity contribution in [3.63, 3.8) is 0 Å². The molecule has 0 aromatic rings. The van der Waals surface area contributed by atoms with Crippen molar-refractivity contribution in [1.82, 2.24) is 0 Å². The van der Waals surface area contributed by atoms with Gasteiger partial charge in [0.25, 0.3) is 0 Å². The number of carbonyl (C=O) groups is 2. The molecular formula is C32H50O8. The van der Waals surface area contributed by atoms with Gasteiger partial charge in [0.15, 0.2) is 6.10 Å². The van der Waals surface area contributed by atoms with E-state index in [4.69, 9.17) is 9.47 Å². The summed E-state index contributed by atoms with van der Waals surface area (Å²) < 4.78 is 11.9. The molecule has 2 saturated carbocycles. The Balaban J connectivity index is 1.66. The minimum Gasteiger partial charge on any atom is -0.458 e. The van der Waals surface area contributed by atoms with Gasteiger partial charge in [0.2, 0.25) is 0 Å². The topological polar surface area (TPSA) is 134 Å². The summed E-state index contributed by atoms with van der Waals surface area (Å²) in [6, 6.07) is 0. The van der Waals surface area contributed by atoms with Crippen molar-refractivity contribution < 1.29 is 39.5 Å². The molecule has 1 unspecified atom stereocenters. The van der Waals surface area contributed by atoms with Gasteiger partial charge in [0.05, 0.1) is 18.1 Å². The van der Waals surface area contributed by atoms with Crippen LogP contribution in [0.15, 0.2) is 23.3 Å². The number of aliphatic hydroxyl groups is 4. The van der Waals surface area contributed by atoms with Gasteiger partial charge < -0.3 is 29.9 Å². The fraction of sp³-hybridized carbons (Fsp3) is 0.812. The van der Waals surface area contributed by atoms with E-state index in [2.05, 4.69) is 6.92 Å². The Morgan fingerprint density at radius 3 is 2.30 bits per heavy atom. The lowest BCUT2D eigenvalue weighted by molar-refractivity contribution is -0.225. The number of ether oxygens (including phenoxy) is 2. The Bertz CT molecular complexity index is 1050. The van der Waals surface area contributed by atoms with Crippen molar-refractivity contribution in [2.24, 2.45) is 28.6 Å². The molecule has 9 atom stereocenters. The maximum absolute atomic E-state index is 13.2. The van der Waals surface area contributed by atoms with Crippen LogP contribution in [0.5, 0.6) is 0 Å². The van der Waals surface area contributed by atoms with Gasteiger partial charge in [-0.05, 0) is 36.8 Å². The summed E-state index contributed by atoms with van der Waals surface area (Å²) in [5.41, 5.74) is -4.18. The van der Waals surface area contributed by atoms with E-state index in [0.717, 1.165) is 19.3 Å². The molecule has 2 bridgehead atoms. The van der Waals surface area contributed by atoms with Gasteiger partial charge in [-0.15, -0.1) is 0 Å². The van der Waals surface area contributed by atoms with Crippen molar-refractivity contribution in [1.29, 1.82) is 0 Å². The van der Waals surface area contributed by atoms with E-state index >= 15 is 0 Å². The van der Waals surface area contributed by atoms with E-state index in [0.29, 0.717) is 18.4 Å². The fourth-order valence-corrected chi connectivity index (χ4v) is 8.85. The second-order valence-corrected chi connectivity index (χ2v) is 13.5. The van der Waals surface area contributed by atoms with Crippen LogP contribution in [0, 0.1) is 28.6 Å². The molecule has 4 aliphatic rings. The average Bonchev–Trinajstić information content (AvgIpc) is 3.28. The molecule has 8 heteroatoms. The number of esters is 2. The van der Waals surface area contributed by atoms with Crippen LogP contribution in [0.25, 0.3) is 0 Å². The predicted molar refractivity (Wildman–Crippen MR) is 150 cm³/mol. The first-order chi connectivity index (χ1) is 18.8. The first-order valence-corrected chi connectivity index (χ1v) is 15.2. The largest absolute Gasteiger partial charge is 0.458 e. The zero-order valence-electron chi connectivity index (χ0n) is 25.1. The Kier molecular flexibility index (Phi) is 8.70. The number of unbranched alkanes of at least 4 members (excludes halogenated alkanes) is 6. The van der Waals surface area contributed by atoms with Gasteiger partial charge >= 0.3 is 11.9 Å². The first-order valence-electron chi connectivity index (χ1n) is 15.2. The molecule has 2 fully saturated rings. The van der Waals surface area contributed by atoms with Crippen molar-refractivity contribution in [3.8, 4) is 0 Å². The number of rotatable bonds is 11. The lowest BCUT2D eigenvalue weighted by atomic mass is 9.58. The Morgan fingerprint density at radius 2 is 1.70 bits per heavy atom. The minimum atomic E-state index is -2.12. The van der Waals surface area contributed by atoms with Crippen molar-refractivity contribution >= 4 is 11.9 Å².